The SMILES string of the molecule is COc1ccccc1OCC(=O)NN=C(C)c1ccccc1O. The Morgan fingerprint density at radius 1 is 1.13 bits per heavy atom. The van der Waals surface area contributed by atoms with E-state index in [-0.39, 0.29) is 12.4 Å². The third kappa shape index (κ3) is 4.47. The minimum Gasteiger partial charge on any atom is -0.507 e. The van der Waals surface area contributed by atoms with Gasteiger partial charge in [0.05, 0.1) is 12.8 Å². The Morgan fingerprint density at radius 3 is 2.48 bits per heavy atom. The van der Waals surface area contributed by atoms with Crippen molar-refractivity contribution >= 4 is 11.6 Å². The number of hydrogen-bond donors (Lipinski definition) is 2. The van der Waals surface area contributed by atoms with Crippen molar-refractivity contribution in [2.45, 2.75) is 6.92 Å². The van der Waals surface area contributed by atoms with Crippen LogP contribution in [0.3, 0.4) is 0 Å². The quantitative estimate of drug-likeness (QED) is 0.633. The van der Waals surface area contributed by atoms with Crippen LogP contribution in [0.4, 0.5) is 0 Å². The summed E-state index contributed by atoms with van der Waals surface area (Å²) in [6.07, 6.45) is 0. The Balaban J connectivity index is 1.92. The Hall–Kier alpha value is -3.02. The number of benzene rings is 2. The lowest BCUT2D eigenvalue weighted by Crippen LogP contribution is -2.25. The van der Waals surface area contributed by atoms with E-state index in [2.05, 4.69) is 10.5 Å². The molecule has 0 radical (unpaired) electrons. The Labute approximate surface area is 134 Å². The van der Waals surface area contributed by atoms with E-state index in [1.807, 2.05) is 6.07 Å². The lowest BCUT2D eigenvalue weighted by molar-refractivity contribution is -0.123. The lowest BCUT2D eigenvalue weighted by Gasteiger charge is -2.09. The molecule has 0 atom stereocenters. The summed E-state index contributed by atoms with van der Waals surface area (Å²) >= 11 is 0. The zero-order chi connectivity index (χ0) is 16.7. The first-order valence-electron chi connectivity index (χ1n) is 6.99. The minimum atomic E-state index is -0.411. The molecule has 2 aromatic rings. The molecular formula is C17H18N2O4. The molecule has 0 saturated heterocycles. The molecule has 0 bridgehead atoms. The molecule has 120 valence electrons. The van der Waals surface area contributed by atoms with Crippen molar-refractivity contribution in [2.24, 2.45) is 5.10 Å². The van der Waals surface area contributed by atoms with Crippen LogP contribution in [0, 0.1) is 0 Å². The molecule has 2 rings (SSSR count). The molecule has 0 unspecified atom stereocenters. The molecule has 0 heterocycles. The Morgan fingerprint density at radius 2 is 1.78 bits per heavy atom. The van der Waals surface area contributed by atoms with Crippen LogP contribution in [0.1, 0.15) is 12.5 Å². The molecular weight excluding hydrogens is 296 g/mol. The number of ether oxygens (including phenoxy) is 2. The first-order chi connectivity index (χ1) is 11.1. The van der Waals surface area contributed by atoms with Gasteiger partial charge in [-0.1, -0.05) is 24.3 Å². The Kier molecular flexibility index (Phi) is 5.57. The van der Waals surface area contributed by atoms with Crippen molar-refractivity contribution < 1.29 is 19.4 Å². The highest BCUT2D eigenvalue weighted by Crippen LogP contribution is 2.25. The number of para-hydroxylation sites is 3. The molecule has 2 N–H and O–H groups in total. The number of amides is 1. The number of nitrogens with zero attached hydrogens (tertiary/aromatic N) is 1. The second-order valence-corrected chi connectivity index (χ2v) is 4.69. The maximum Gasteiger partial charge on any atom is 0.277 e. The van der Waals surface area contributed by atoms with Gasteiger partial charge in [-0.05, 0) is 31.2 Å². The van der Waals surface area contributed by atoms with Gasteiger partial charge >= 0.3 is 0 Å². The predicted octanol–water partition coefficient (Wildman–Crippen LogP) is 2.32. The largest absolute Gasteiger partial charge is 0.507 e. The second-order valence-electron chi connectivity index (χ2n) is 4.69. The fourth-order valence-corrected chi connectivity index (χ4v) is 1.90. The summed E-state index contributed by atoms with van der Waals surface area (Å²) in [5, 5.41) is 13.7. The number of carbonyl (C=O) groups is 1. The van der Waals surface area contributed by atoms with E-state index in [9.17, 15) is 9.90 Å². The monoisotopic (exact) mass is 314 g/mol. The van der Waals surface area contributed by atoms with Crippen LogP contribution in [0.2, 0.25) is 0 Å². The number of hydrogen-bond acceptors (Lipinski definition) is 5. The van der Waals surface area contributed by atoms with Crippen LogP contribution in [-0.4, -0.2) is 30.4 Å². The number of phenols is 1. The third-order valence-corrected chi connectivity index (χ3v) is 3.07. The number of rotatable bonds is 6. The molecule has 6 nitrogen and oxygen atoms in total. The van der Waals surface area contributed by atoms with Crippen LogP contribution < -0.4 is 14.9 Å². The van der Waals surface area contributed by atoms with Gasteiger partial charge in [-0.25, -0.2) is 5.43 Å². The smallest absolute Gasteiger partial charge is 0.277 e. The van der Waals surface area contributed by atoms with Crippen LogP contribution in [0.15, 0.2) is 53.6 Å². The molecule has 0 saturated carbocycles. The average molecular weight is 314 g/mol. The fourth-order valence-electron chi connectivity index (χ4n) is 1.90. The molecule has 23 heavy (non-hydrogen) atoms. The van der Waals surface area contributed by atoms with Gasteiger partial charge in [-0.3, -0.25) is 4.79 Å². The van der Waals surface area contributed by atoms with Gasteiger partial charge in [0.1, 0.15) is 5.75 Å². The first kappa shape index (κ1) is 16.4. The van der Waals surface area contributed by atoms with E-state index in [0.717, 1.165) is 0 Å². The van der Waals surface area contributed by atoms with Crippen LogP contribution in [0.5, 0.6) is 17.2 Å². The summed E-state index contributed by atoms with van der Waals surface area (Å²) in [4.78, 5) is 11.8. The fraction of sp³-hybridized carbons (Fsp3) is 0.176. The molecule has 0 aliphatic rings. The highest BCUT2D eigenvalue weighted by Gasteiger charge is 2.07. The van der Waals surface area contributed by atoms with E-state index in [1.165, 1.54) is 7.11 Å². The summed E-state index contributed by atoms with van der Waals surface area (Å²) in [6.45, 7) is 1.49. The van der Waals surface area contributed by atoms with E-state index < -0.39 is 5.91 Å². The standard InChI is InChI=1S/C17H18N2O4/c1-12(13-7-3-4-8-14(13)20)18-19-17(21)11-23-16-10-6-5-9-15(16)22-2/h3-10,20H,11H2,1-2H3,(H,19,21). The van der Waals surface area contributed by atoms with Crippen molar-refractivity contribution in [3.05, 3.63) is 54.1 Å². The molecule has 1 amide bonds. The maximum atomic E-state index is 11.8. The summed E-state index contributed by atoms with van der Waals surface area (Å²) in [5.74, 6) is 0.722. The molecule has 0 aliphatic carbocycles. The zero-order valence-corrected chi connectivity index (χ0v) is 12.9. The van der Waals surface area contributed by atoms with Gasteiger partial charge in [-0.2, -0.15) is 5.10 Å². The molecule has 6 heteroatoms. The third-order valence-electron chi connectivity index (χ3n) is 3.07. The highest BCUT2D eigenvalue weighted by atomic mass is 16.5. The molecule has 2 aromatic carbocycles. The first-order valence-corrected chi connectivity index (χ1v) is 6.99. The van der Waals surface area contributed by atoms with Gasteiger partial charge in [0, 0.05) is 5.56 Å². The molecule has 0 aliphatic heterocycles. The summed E-state index contributed by atoms with van der Waals surface area (Å²) in [7, 11) is 1.53. The lowest BCUT2D eigenvalue weighted by atomic mass is 10.1. The summed E-state index contributed by atoms with van der Waals surface area (Å²) in [5.41, 5.74) is 3.44. The van der Waals surface area contributed by atoms with Crippen molar-refractivity contribution in [1.29, 1.82) is 0 Å². The van der Waals surface area contributed by atoms with Crippen molar-refractivity contribution in [3.8, 4) is 17.2 Å². The van der Waals surface area contributed by atoms with E-state index in [0.29, 0.717) is 22.8 Å². The average Bonchev–Trinajstić information content (AvgIpc) is 2.58. The maximum absolute atomic E-state index is 11.8. The Bertz CT molecular complexity index is 713. The molecule has 0 aromatic heterocycles. The van der Waals surface area contributed by atoms with Crippen molar-refractivity contribution in [3.63, 3.8) is 0 Å². The summed E-state index contributed by atoms with van der Waals surface area (Å²) < 4.78 is 10.5. The molecule has 0 spiro atoms. The number of phenolic OH excluding ortho intramolecular Hbond substituents is 1. The van der Waals surface area contributed by atoms with E-state index in [1.54, 1.807) is 49.4 Å². The van der Waals surface area contributed by atoms with Crippen LogP contribution in [0.25, 0.3) is 0 Å². The molecule has 0 fully saturated rings. The number of nitrogens with one attached hydrogen (secondary N) is 1. The van der Waals surface area contributed by atoms with Crippen LogP contribution >= 0.6 is 0 Å². The topological polar surface area (TPSA) is 80.2 Å². The van der Waals surface area contributed by atoms with Crippen molar-refractivity contribution in [2.75, 3.05) is 13.7 Å². The number of hydrazone groups is 1. The number of aromatic hydroxyl groups is 1. The van der Waals surface area contributed by atoms with Crippen molar-refractivity contribution in [1.82, 2.24) is 5.43 Å². The van der Waals surface area contributed by atoms with E-state index in [4.69, 9.17) is 9.47 Å². The van der Waals surface area contributed by atoms with Gasteiger partial charge < -0.3 is 14.6 Å². The minimum absolute atomic E-state index is 0.105. The normalized spacial score (nSPS) is 11.0. The summed E-state index contributed by atoms with van der Waals surface area (Å²) in [6, 6.07) is 13.8. The van der Waals surface area contributed by atoms with Gasteiger partial charge in [0.2, 0.25) is 0 Å². The number of carbonyl (C=O) groups excluding carboxylic acids is 1. The number of methoxy groups -OCH3 is 1. The zero-order valence-electron chi connectivity index (χ0n) is 12.9. The van der Waals surface area contributed by atoms with Gasteiger partial charge in [0.15, 0.2) is 18.1 Å². The van der Waals surface area contributed by atoms with Crippen LogP contribution in [-0.2, 0) is 4.79 Å². The van der Waals surface area contributed by atoms with Gasteiger partial charge in [0.25, 0.3) is 5.91 Å². The predicted molar refractivity (Wildman–Crippen MR) is 86.9 cm³/mol. The van der Waals surface area contributed by atoms with E-state index >= 15 is 0 Å². The van der Waals surface area contributed by atoms with Gasteiger partial charge in [-0.15, -0.1) is 0 Å². The second kappa shape index (κ2) is 7.84. The highest BCUT2D eigenvalue weighted by molar-refractivity contribution is 6.01.